The zero-order valence-electron chi connectivity index (χ0n) is 7.15. The highest BCUT2D eigenvalue weighted by molar-refractivity contribution is 7.86. The van der Waals surface area contributed by atoms with E-state index in [2.05, 4.69) is 5.11 Å². The first kappa shape index (κ1) is 11.3. The fraction of sp³-hybridized carbons (Fsp3) is 0. The minimum absolute atomic E-state index is 0.530. The van der Waals surface area contributed by atoms with Crippen molar-refractivity contribution in [2.45, 2.75) is 4.90 Å². The molecule has 0 unspecified atom stereocenters. The molecule has 1 aromatic carbocycles. The number of hydrogen-bond donors (Lipinski definition) is 2. The van der Waals surface area contributed by atoms with E-state index >= 15 is 0 Å². The number of carboxylic acid groups (broad SMARTS) is 1. The third-order valence-electron chi connectivity index (χ3n) is 1.59. The lowest BCUT2D eigenvalue weighted by Gasteiger charge is -2.04. The number of benzene rings is 1. The molecule has 0 amide bonds. The van der Waals surface area contributed by atoms with E-state index in [9.17, 15) is 13.2 Å². The Balaban J connectivity index is 3.70. The highest BCUT2D eigenvalue weighted by atomic mass is 32.2. The van der Waals surface area contributed by atoms with Gasteiger partial charge in [0.1, 0.15) is 10.6 Å². The average molecular weight is 229 g/mol. The van der Waals surface area contributed by atoms with Crippen LogP contribution in [0.15, 0.2) is 28.2 Å². The topological polar surface area (TPSA) is 126 Å². The van der Waals surface area contributed by atoms with Crippen molar-refractivity contribution in [1.29, 1.82) is 0 Å². The maximum Gasteiger partial charge on any atom is 0.337 e. The molecule has 0 atom stereocenters. The van der Waals surface area contributed by atoms with Gasteiger partial charge < -0.3 is 5.11 Å². The van der Waals surface area contributed by atoms with Crippen LogP contribution in [0.1, 0.15) is 10.4 Å². The number of aromatic carboxylic acids is 1. The lowest BCUT2D eigenvalue weighted by Crippen LogP contribution is -2.08. The zero-order chi connectivity index (χ0) is 11.6. The van der Waals surface area contributed by atoms with Crippen LogP contribution in [0.2, 0.25) is 0 Å². The van der Waals surface area contributed by atoms with Crippen LogP contribution in [0.25, 0.3) is 0 Å². The van der Waals surface area contributed by atoms with Gasteiger partial charge in [0, 0.05) is 0 Å². The summed E-state index contributed by atoms with van der Waals surface area (Å²) in [5.41, 5.74) is 7.25. The van der Waals surface area contributed by atoms with Gasteiger partial charge in [-0.3, -0.25) is 4.55 Å². The summed E-state index contributed by atoms with van der Waals surface area (Å²) in [6, 6.07) is 3.21. The van der Waals surface area contributed by atoms with E-state index in [0.717, 1.165) is 12.1 Å². The second-order valence-electron chi connectivity index (χ2n) is 2.53. The molecule has 1 aromatic rings. The van der Waals surface area contributed by atoms with Crippen LogP contribution in [-0.2, 0) is 10.1 Å². The van der Waals surface area contributed by atoms with Crippen molar-refractivity contribution in [1.82, 2.24) is 5.53 Å². The van der Waals surface area contributed by atoms with Crippen molar-refractivity contribution in [3.05, 3.63) is 23.8 Å². The second-order valence-corrected chi connectivity index (χ2v) is 3.89. The molecular weight excluding hydrogens is 224 g/mol. The Morgan fingerprint density at radius 2 is 2.00 bits per heavy atom. The van der Waals surface area contributed by atoms with Crippen molar-refractivity contribution in [2.24, 2.45) is 5.11 Å². The maximum atomic E-state index is 10.9. The van der Waals surface area contributed by atoms with Gasteiger partial charge in [-0.2, -0.15) is 8.42 Å². The zero-order valence-corrected chi connectivity index (χ0v) is 7.97. The van der Waals surface area contributed by atoms with Crippen molar-refractivity contribution < 1.29 is 22.9 Å². The largest absolute Gasteiger partial charge is 0.478 e. The summed E-state index contributed by atoms with van der Waals surface area (Å²) < 4.78 is 30.5. The lowest BCUT2D eigenvalue weighted by molar-refractivity contribution is 0.0692. The van der Waals surface area contributed by atoms with Gasteiger partial charge >= 0.3 is 5.97 Å². The summed E-state index contributed by atoms with van der Waals surface area (Å²) in [6.07, 6.45) is 0. The van der Waals surface area contributed by atoms with E-state index in [1.165, 1.54) is 6.07 Å². The molecule has 8 heteroatoms. The minimum Gasteiger partial charge on any atom is -0.478 e. The minimum atomic E-state index is -4.76. The molecule has 2 N–H and O–H groups in total. The molecule has 0 spiro atoms. The Labute approximate surface area is 84.6 Å². The summed E-state index contributed by atoms with van der Waals surface area (Å²) in [7, 11) is -4.76. The van der Waals surface area contributed by atoms with Gasteiger partial charge in [-0.05, 0) is 17.7 Å². The molecule has 79 valence electrons. The van der Waals surface area contributed by atoms with Crippen molar-refractivity contribution in [3.8, 4) is 0 Å². The van der Waals surface area contributed by atoms with Crippen LogP contribution in [0.5, 0.6) is 0 Å². The SMILES string of the molecule is [N]=Nc1cccc(C(=O)O)c1S(=O)(=O)O. The molecule has 7 nitrogen and oxygen atoms in total. The Kier molecular flexibility index (Phi) is 2.82. The molecule has 0 aromatic heterocycles. The van der Waals surface area contributed by atoms with Crippen LogP contribution in [0.4, 0.5) is 5.69 Å². The van der Waals surface area contributed by atoms with Gasteiger partial charge in [0.05, 0.1) is 5.56 Å². The second kappa shape index (κ2) is 3.75. The quantitative estimate of drug-likeness (QED) is 0.576. The van der Waals surface area contributed by atoms with Crippen LogP contribution in [0, 0.1) is 0 Å². The lowest BCUT2D eigenvalue weighted by atomic mass is 10.2. The summed E-state index contributed by atoms with van der Waals surface area (Å²) in [4.78, 5) is 9.71. The molecule has 0 aliphatic rings. The number of nitrogens with zero attached hydrogens (tertiary/aromatic N) is 2. The number of carbonyl (C=O) groups is 1. The molecule has 1 radical (unpaired) electrons. The van der Waals surface area contributed by atoms with E-state index in [1.807, 2.05) is 0 Å². The third kappa shape index (κ3) is 2.17. The number of hydrogen-bond acceptors (Lipinski definition) is 4. The first-order chi connectivity index (χ1) is 6.88. The number of rotatable bonds is 3. The molecule has 0 bridgehead atoms. The summed E-state index contributed by atoms with van der Waals surface area (Å²) >= 11 is 0. The average Bonchev–Trinajstić information content (AvgIpc) is 2.15. The molecule has 0 saturated carbocycles. The highest BCUT2D eigenvalue weighted by Gasteiger charge is 2.24. The van der Waals surface area contributed by atoms with E-state index in [4.69, 9.17) is 15.2 Å². The predicted molar refractivity (Wildman–Crippen MR) is 47.4 cm³/mol. The van der Waals surface area contributed by atoms with Gasteiger partial charge in [0.25, 0.3) is 10.1 Å². The van der Waals surface area contributed by atoms with E-state index in [0.29, 0.717) is 0 Å². The van der Waals surface area contributed by atoms with Gasteiger partial charge in [-0.15, -0.1) is 5.11 Å². The van der Waals surface area contributed by atoms with Crippen molar-refractivity contribution >= 4 is 21.8 Å². The van der Waals surface area contributed by atoms with E-state index in [1.54, 1.807) is 0 Å². The Hall–Kier alpha value is -1.80. The van der Waals surface area contributed by atoms with Crippen LogP contribution >= 0.6 is 0 Å². The van der Waals surface area contributed by atoms with Crippen LogP contribution in [-0.4, -0.2) is 24.0 Å². The highest BCUT2D eigenvalue weighted by Crippen LogP contribution is 2.27. The van der Waals surface area contributed by atoms with E-state index < -0.39 is 32.2 Å². The van der Waals surface area contributed by atoms with Gasteiger partial charge in [-0.1, -0.05) is 6.07 Å². The Bertz CT molecular complexity index is 522. The smallest absolute Gasteiger partial charge is 0.337 e. The van der Waals surface area contributed by atoms with Gasteiger partial charge in [0.2, 0.25) is 0 Å². The standard InChI is InChI=1S/C7H5N2O5S/c8-9-5-3-1-2-4(7(10)11)6(5)15(12,13)14/h1-3H,(H,10,11)(H,12,13,14). The third-order valence-corrected chi connectivity index (χ3v) is 2.54. The number of carboxylic acids is 1. The monoisotopic (exact) mass is 229 g/mol. The molecular formula is C7H5N2O5S. The fourth-order valence-corrected chi connectivity index (χ4v) is 1.85. The molecule has 0 heterocycles. The Morgan fingerprint density at radius 1 is 1.40 bits per heavy atom. The van der Waals surface area contributed by atoms with Crippen molar-refractivity contribution in [2.75, 3.05) is 0 Å². The molecule has 1 rings (SSSR count). The summed E-state index contributed by atoms with van der Waals surface area (Å²) in [6.45, 7) is 0. The molecule has 0 aliphatic carbocycles. The van der Waals surface area contributed by atoms with Gasteiger partial charge in [0.15, 0.2) is 0 Å². The molecule has 15 heavy (non-hydrogen) atoms. The molecule has 0 aliphatic heterocycles. The fourth-order valence-electron chi connectivity index (χ4n) is 1.04. The van der Waals surface area contributed by atoms with Crippen LogP contribution < -0.4 is 5.53 Å². The normalized spacial score (nSPS) is 11.0. The van der Waals surface area contributed by atoms with Gasteiger partial charge in [-0.25, -0.2) is 4.79 Å². The molecule has 0 saturated heterocycles. The summed E-state index contributed by atoms with van der Waals surface area (Å²) in [5.74, 6) is -1.55. The van der Waals surface area contributed by atoms with Crippen molar-refractivity contribution in [3.63, 3.8) is 0 Å². The Morgan fingerprint density at radius 3 is 2.40 bits per heavy atom. The van der Waals surface area contributed by atoms with E-state index in [-0.39, 0.29) is 0 Å². The first-order valence-corrected chi connectivity index (χ1v) is 5.01. The van der Waals surface area contributed by atoms with Crippen LogP contribution in [0.3, 0.4) is 0 Å². The first-order valence-electron chi connectivity index (χ1n) is 3.57. The summed E-state index contributed by atoms with van der Waals surface area (Å²) in [5, 5.41) is 11.2. The predicted octanol–water partition coefficient (Wildman–Crippen LogP) is 0.515. The maximum absolute atomic E-state index is 10.9. The molecule has 0 fully saturated rings.